The minimum Gasteiger partial charge on any atom is -0.465 e. The van der Waals surface area contributed by atoms with Crippen LogP contribution in [-0.2, 0) is 4.74 Å². The van der Waals surface area contributed by atoms with Crippen molar-refractivity contribution < 1.29 is 9.53 Å². The first-order valence-electron chi connectivity index (χ1n) is 4.54. The van der Waals surface area contributed by atoms with Crippen LogP contribution < -0.4 is 0 Å². The summed E-state index contributed by atoms with van der Waals surface area (Å²) in [4.78, 5) is 11.3. The highest BCUT2D eigenvalue weighted by atomic mass is 16.5. The molecule has 0 saturated heterocycles. The van der Waals surface area contributed by atoms with Crippen molar-refractivity contribution in [3.63, 3.8) is 0 Å². The largest absolute Gasteiger partial charge is 0.465 e. The maximum Gasteiger partial charge on any atom is 0.338 e. The molecule has 2 aromatic rings. The first kappa shape index (κ1) is 9.64. The quantitative estimate of drug-likeness (QED) is 0.655. The van der Waals surface area contributed by atoms with Crippen molar-refractivity contribution in [1.82, 2.24) is 14.6 Å². The van der Waals surface area contributed by atoms with E-state index in [2.05, 4.69) is 14.9 Å². The molecule has 0 aliphatic carbocycles. The van der Waals surface area contributed by atoms with E-state index in [4.69, 9.17) is 0 Å². The number of aryl methyl sites for hydroxylation is 2. The Labute approximate surface area is 86.7 Å². The average Bonchev–Trinajstić information content (AvgIpc) is 2.59. The van der Waals surface area contributed by atoms with Crippen molar-refractivity contribution in [2.45, 2.75) is 13.8 Å². The van der Waals surface area contributed by atoms with Gasteiger partial charge in [0, 0.05) is 5.69 Å². The number of carbonyl (C=O) groups is 1. The lowest BCUT2D eigenvalue weighted by molar-refractivity contribution is 0.0600. The number of nitrogens with zero attached hydrogens (tertiary/aromatic N) is 3. The number of rotatable bonds is 1. The Morgan fingerprint density at radius 2 is 2.07 bits per heavy atom. The van der Waals surface area contributed by atoms with Crippen molar-refractivity contribution in [3.8, 4) is 0 Å². The molecule has 5 nitrogen and oxygen atoms in total. The number of ether oxygens (including phenoxy) is 1. The van der Waals surface area contributed by atoms with Crippen LogP contribution in [0.2, 0.25) is 0 Å². The van der Waals surface area contributed by atoms with Crippen LogP contribution in [0.5, 0.6) is 0 Å². The van der Waals surface area contributed by atoms with Crippen LogP contribution >= 0.6 is 0 Å². The molecule has 0 amide bonds. The summed E-state index contributed by atoms with van der Waals surface area (Å²) >= 11 is 0. The highest BCUT2D eigenvalue weighted by molar-refractivity contribution is 5.90. The summed E-state index contributed by atoms with van der Waals surface area (Å²) in [6.45, 7) is 3.76. The Bertz CT molecular complexity index is 531. The molecule has 0 N–H and O–H groups in total. The van der Waals surface area contributed by atoms with Crippen LogP contribution in [0, 0.1) is 13.8 Å². The summed E-state index contributed by atoms with van der Waals surface area (Å²) in [5, 5.41) is 7.91. The predicted octanol–water partition coefficient (Wildman–Crippen LogP) is 1.13. The number of methoxy groups -OCH3 is 1. The molecule has 0 bridgehead atoms. The highest BCUT2D eigenvalue weighted by Crippen LogP contribution is 2.12. The Morgan fingerprint density at radius 3 is 2.73 bits per heavy atom. The zero-order valence-electron chi connectivity index (χ0n) is 8.81. The number of hydrogen-bond acceptors (Lipinski definition) is 4. The zero-order valence-corrected chi connectivity index (χ0v) is 8.81. The summed E-state index contributed by atoms with van der Waals surface area (Å²) < 4.78 is 6.53. The Kier molecular flexibility index (Phi) is 2.15. The van der Waals surface area contributed by atoms with E-state index in [0.717, 1.165) is 11.5 Å². The van der Waals surface area contributed by atoms with Crippen LogP contribution in [0.3, 0.4) is 0 Å². The number of hydrogen-bond donors (Lipinski definition) is 0. The van der Waals surface area contributed by atoms with Gasteiger partial charge in [-0.15, -0.1) is 10.2 Å². The standard InChI is InChI=1S/C10H11N3O2/c1-6-4-8(10(14)15-3)5-9-12-11-7(2)13(6)9/h4-5H,1-3H3. The summed E-state index contributed by atoms with van der Waals surface area (Å²) in [5.74, 6) is 0.445. The minimum atomic E-state index is -0.360. The topological polar surface area (TPSA) is 56.5 Å². The molecular weight excluding hydrogens is 194 g/mol. The summed E-state index contributed by atoms with van der Waals surface area (Å²) in [5.41, 5.74) is 2.07. The van der Waals surface area contributed by atoms with Gasteiger partial charge in [-0.25, -0.2) is 4.79 Å². The first-order valence-corrected chi connectivity index (χ1v) is 4.54. The van der Waals surface area contributed by atoms with Crippen LogP contribution in [0.15, 0.2) is 12.1 Å². The molecule has 0 atom stereocenters. The predicted molar refractivity (Wildman–Crippen MR) is 53.8 cm³/mol. The van der Waals surface area contributed by atoms with E-state index in [1.165, 1.54) is 7.11 Å². The van der Waals surface area contributed by atoms with Gasteiger partial charge in [0.1, 0.15) is 5.82 Å². The van der Waals surface area contributed by atoms with Gasteiger partial charge >= 0.3 is 5.97 Å². The number of aromatic nitrogens is 3. The molecule has 0 saturated carbocycles. The molecule has 15 heavy (non-hydrogen) atoms. The van der Waals surface area contributed by atoms with Crippen molar-refractivity contribution in [2.75, 3.05) is 7.11 Å². The Hall–Kier alpha value is -1.91. The molecule has 0 unspecified atom stereocenters. The molecule has 0 spiro atoms. The van der Waals surface area contributed by atoms with Gasteiger partial charge in [0.2, 0.25) is 0 Å². The van der Waals surface area contributed by atoms with E-state index >= 15 is 0 Å². The van der Waals surface area contributed by atoms with Gasteiger partial charge in [-0.3, -0.25) is 4.40 Å². The number of fused-ring (bicyclic) bond motifs is 1. The maximum absolute atomic E-state index is 11.3. The van der Waals surface area contributed by atoms with Gasteiger partial charge < -0.3 is 4.74 Å². The smallest absolute Gasteiger partial charge is 0.338 e. The van der Waals surface area contributed by atoms with Gasteiger partial charge in [-0.1, -0.05) is 0 Å². The molecule has 78 valence electrons. The molecule has 5 heteroatoms. The van der Waals surface area contributed by atoms with Crippen LogP contribution in [0.1, 0.15) is 21.9 Å². The third-order valence-corrected chi connectivity index (χ3v) is 2.27. The zero-order chi connectivity index (χ0) is 11.0. The summed E-state index contributed by atoms with van der Waals surface area (Å²) in [6, 6.07) is 3.42. The van der Waals surface area contributed by atoms with E-state index in [1.54, 1.807) is 12.1 Å². The van der Waals surface area contributed by atoms with Crippen molar-refractivity contribution in [3.05, 3.63) is 29.2 Å². The molecule has 2 rings (SSSR count). The molecule has 0 aliphatic rings. The fourth-order valence-electron chi connectivity index (χ4n) is 1.61. The van der Waals surface area contributed by atoms with Crippen LogP contribution in [0.25, 0.3) is 5.65 Å². The third-order valence-electron chi connectivity index (χ3n) is 2.27. The van der Waals surface area contributed by atoms with Crippen LogP contribution in [-0.4, -0.2) is 27.7 Å². The normalized spacial score (nSPS) is 10.6. The monoisotopic (exact) mass is 205 g/mol. The van der Waals surface area contributed by atoms with Gasteiger partial charge in [0.15, 0.2) is 5.65 Å². The van der Waals surface area contributed by atoms with Gasteiger partial charge in [-0.05, 0) is 26.0 Å². The lowest BCUT2D eigenvalue weighted by Gasteiger charge is -2.04. The number of esters is 1. The highest BCUT2D eigenvalue weighted by Gasteiger charge is 2.10. The lowest BCUT2D eigenvalue weighted by Crippen LogP contribution is -2.04. The van der Waals surface area contributed by atoms with Crippen molar-refractivity contribution >= 4 is 11.6 Å². The first-order chi connectivity index (χ1) is 7.13. The van der Waals surface area contributed by atoms with Crippen LogP contribution in [0.4, 0.5) is 0 Å². The van der Waals surface area contributed by atoms with Crippen molar-refractivity contribution in [2.24, 2.45) is 0 Å². The SMILES string of the molecule is COC(=O)c1cc(C)n2c(C)nnc2c1. The number of carbonyl (C=O) groups excluding carboxylic acids is 1. The fourth-order valence-corrected chi connectivity index (χ4v) is 1.61. The Balaban J connectivity index is 2.68. The van der Waals surface area contributed by atoms with Gasteiger partial charge in [0.05, 0.1) is 12.7 Å². The van der Waals surface area contributed by atoms with E-state index in [1.807, 2.05) is 18.2 Å². The second-order valence-corrected chi connectivity index (χ2v) is 3.32. The fraction of sp³-hybridized carbons (Fsp3) is 0.300. The summed E-state index contributed by atoms with van der Waals surface area (Å²) in [6.07, 6.45) is 0. The lowest BCUT2D eigenvalue weighted by atomic mass is 10.2. The van der Waals surface area contributed by atoms with Gasteiger partial charge in [-0.2, -0.15) is 0 Å². The Morgan fingerprint density at radius 1 is 1.33 bits per heavy atom. The molecule has 0 aromatic carbocycles. The maximum atomic E-state index is 11.3. The molecule has 0 radical (unpaired) electrons. The average molecular weight is 205 g/mol. The van der Waals surface area contributed by atoms with E-state index in [0.29, 0.717) is 11.2 Å². The molecule has 2 aromatic heterocycles. The summed E-state index contributed by atoms with van der Waals surface area (Å²) in [7, 11) is 1.36. The molecule has 0 aliphatic heterocycles. The molecular formula is C10H11N3O2. The van der Waals surface area contributed by atoms with Crippen molar-refractivity contribution in [1.29, 1.82) is 0 Å². The molecule has 0 fully saturated rings. The number of pyridine rings is 1. The van der Waals surface area contributed by atoms with Gasteiger partial charge in [0.25, 0.3) is 0 Å². The van der Waals surface area contributed by atoms with E-state index in [9.17, 15) is 4.79 Å². The van der Waals surface area contributed by atoms with E-state index < -0.39 is 0 Å². The third kappa shape index (κ3) is 1.45. The van der Waals surface area contributed by atoms with E-state index in [-0.39, 0.29) is 5.97 Å². The second kappa shape index (κ2) is 3.34. The molecule has 2 heterocycles. The second-order valence-electron chi connectivity index (χ2n) is 3.32. The minimum absolute atomic E-state index is 0.360.